The molecule has 0 aliphatic carbocycles. The molecule has 0 bridgehead atoms. The Morgan fingerprint density at radius 3 is 2.92 bits per heavy atom. The monoisotopic (exact) mass is 200 g/mol. The van der Waals surface area contributed by atoms with Gasteiger partial charge >= 0.3 is 0 Å². The lowest BCUT2D eigenvalue weighted by Gasteiger charge is -2.12. The van der Waals surface area contributed by atoms with Gasteiger partial charge in [-0.1, -0.05) is 0 Å². The molecule has 1 aromatic heterocycles. The van der Waals surface area contributed by atoms with E-state index in [4.69, 9.17) is 5.73 Å². The fraction of sp³-hybridized carbons (Fsp3) is 0.444. The minimum absolute atomic E-state index is 0.110. The van der Waals surface area contributed by atoms with Gasteiger partial charge in [-0.15, -0.1) is 9.24 Å². The Kier molecular flexibility index (Phi) is 3.76. The SMILES string of the molecule is Cc1c(F)cncc1[C@@H](N)CCP. The van der Waals surface area contributed by atoms with Crippen LogP contribution in [0.2, 0.25) is 0 Å². The summed E-state index contributed by atoms with van der Waals surface area (Å²) in [5.74, 6) is -0.281. The Hall–Kier alpha value is -0.530. The lowest BCUT2D eigenvalue weighted by molar-refractivity contribution is 0.597. The third-order valence-corrected chi connectivity index (χ3v) is 2.40. The second-order valence-corrected chi connectivity index (χ2v) is 3.60. The molecule has 13 heavy (non-hydrogen) atoms. The Morgan fingerprint density at radius 2 is 2.31 bits per heavy atom. The zero-order valence-electron chi connectivity index (χ0n) is 7.63. The van der Waals surface area contributed by atoms with Crippen molar-refractivity contribution < 1.29 is 4.39 Å². The first-order chi connectivity index (χ1) is 6.16. The van der Waals surface area contributed by atoms with Gasteiger partial charge in [0.25, 0.3) is 0 Å². The number of pyridine rings is 1. The smallest absolute Gasteiger partial charge is 0.144 e. The highest BCUT2D eigenvalue weighted by Gasteiger charge is 2.10. The Labute approximate surface area is 79.9 Å². The average molecular weight is 200 g/mol. The molecule has 0 aromatic carbocycles. The molecule has 1 rings (SSSR count). The zero-order valence-corrected chi connectivity index (χ0v) is 8.78. The van der Waals surface area contributed by atoms with E-state index in [1.165, 1.54) is 6.20 Å². The quantitative estimate of drug-likeness (QED) is 0.755. The molecule has 0 aliphatic heterocycles. The molecule has 1 heterocycles. The van der Waals surface area contributed by atoms with Gasteiger partial charge in [0.05, 0.1) is 6.20 Å². The lowest BCUT2D eigenvalue weighted by Crippen LogP contribution is -2.13. The molecule has 2 N–H and O–H groups in total. The molecule has 4 heteroatoms. The minimum atomic E-state index is -0.281. The maximum Gasteiger partial charge on any atom is 0.144 e. The standard InChI is InChI=1S/C9H14FN2P/c1-6-7(9(11)2-3-13)4-12-5-8(6)10/h4-5,9H,2-3,11,13H2,1H3/t9-/m0/s1. The predicted octanol–water partition coefficient (Wildman–Crippen LogP) is 1.79. The van der Waals surface area contributed by atoms with Gasteiger partial charge in [-0.05, 0) is 30.6 Å². The minimum Gasteiger partial charge on any atom is -0.324 e. The molecular formula is C9H14FN2P. The van der Waals surface area contributed by atoms with Gasteiger partial charge in [-0.25, -0.2) is 4.39 Å². The van der Waals surface area contributed by atoms with Crippen LogP contribution in [0.5, 0.6) is 0 Å². The third kappa shape index (κ3) is 2.45. The van der Waals surface area contributed by atoms with Crippen LogP contribution < -0.4 is 5.73 Å². The summed E-state index contributed by atoms with van der Waals surface area (Å²) in [7, 11) is 2.61. The first-order valence-corrected chi connectivity index (χ1v) is 5.04. The summed E-state index contributed by atoms with van der Waals surface area (Å²) in [6.45, 7) is 1.73. The fourth-order valence-electron chi connectivity index (χ4n) is 1.22. The number of halogens is 1. The topological polar surface area (TPSA) is 38.9 Å². The number of nitrogens with two attached hydrogens (primary N) is 1. The molecule has 2 nitrogen and oxygen atoms in total. The first-order valence-electron chi connectivity index (χ1n) is 4.22. The molecule has 0 aliphatic rings. The van der Waals surface area contributed by atoms with Crippen LogP contribution in [-0.4, -0.2) is 11.1 Å². The van der Waals surface area contributed by atoms with Crippen LogP contribution >= 0.6 is 9.24 Å². The highest BCUT2D eigenvalue weighted by atomic mass is 31.0. The van der Waals surface area contributed by atoms with E-state index >= 15 is 0 Å². The van der Waals surface area contributed by atoms with Crippen molar-refractivity contribution in [1.82, 2.24) is 4.98 Å². The van der Waals surface area contributed by atoms with Crippen LogP contribution in [0.1, 0.15) is 23.6 Å². The molecule has 72 valence electrons. The molecule has 0 radical (unpaired) electrons. The van der Waals surface area contributed by atoms with Crippen molar-refractivity contribution >= 4 is 9.24 Å². The molecule has 0 spiro atoms. The Balaban J connectivity index is 2.93. The van der Waals surface area contributed by atoms with Crippen molar-refractivity contribution in [1.29, 1.82) is 0 Å². The normalized spacial score (nSPS) is 12.9. The maximum absolute atomic E-state index is 13.1. The van der Waals surface area contributed by atoms with Crippen LogP contribution in [0.25, 0.3) is 0 Å². The average Bonchev–Trinajstić information content (AvgIpc) is 2.10. The number of rotatable bonds is 3. The molecule has 0 fully saturated rings. The van der Waals surface area contributed by atoms with Gasteiger partial charge in [-0.2, -0.15) is 0 Å². The van der Waals surface area contributed by atoms with Gasteiger partial charge in [0.15, 0.2) is 0 Å². The van der Waals surface area contributed by atoms with Crippen LogP contribution in [0.4, 0.5) is 4.39 Å². The first kappa shape index (κ1) is 10.6. The Bertz CT molecular complexity index is 291. The predicted molar refractivity (Wildman–Crippen MR) is 55.1 cm³/mol. The molecule has 1 aromatic rings. The second kappa shape index (κ2) is 4.64. The fourth-order valence-corrected chi connectivity index (χ4v) is 1.58. The van der Waals surface area contributed by atoms with Crippen LogP contribution in [0.15, 0.2) is 12.4 Å². The van der Waals surface area contributed by atoms with Gasteiger partial charge in [-0.3, -0.25) is 4.98 Å². The van der Waals surface area contributed by atoms with Crippen molar-refractivity contribution in [3.05, 3.63) is 29.3 Å². The van der Waals surface area contributed by atoms with Gasteiger partial charge < -0.3 is 5.73 Å². The third-order valence-electron chi connectivity index (χ3n) is 2.07. The summed E-state index contributed by atoms with van der Waals surface area (Å²) in [5.41, 5.74) is 7.28. The number of hydrogen-bond donors (Lipinski definition) is 1. The molecular weight excluding hydrogens is 186 g/mol. The van der Waals surface area contributed by atoms with Crippen molar-refractivity contribution in [2.24, 2.45) is 5.73 Å². The zero-order chi connectivity index (χ0) is 9.84. The number of aromatic nitrogens is 1. The molecule has 0 amide bonds. The number of hydrogen-bond acceptors (Lipinski definition) is 2. The number of nitrogens with zero attached hydrogens (tertiary/aromatic N) is 1. The van der Waals surface area contributed by atoms with Crippen LogP contribution in [-0.2, 0) is 0 Å². The highest BCUT2D eigenvalue weighted by Crippen LogP contribution is 2.19. The summed E-state index contributed by atoms with van der Waals surface area (Å²) in [4.78, 5) is 3.79. The van der Waals surface area contributed by atoms with E-state index in [0.29, 0.717) is 5.56 Å². The summed E-state index contributed by atoms with van der Waals surface area (Å²) in [6, 6.07) is -0.110. The van der Waals surface area contributed by atoms with E-state index in [2.05, 4.69) is 14.2 Å². The van der Waals surface area contributed by atoms with Gasteiger partial charge in [0, 0.05) is 12.2 Å². The van der Waals surface area contributed by atoms with E-state index in [9.17, 15) is 4.39 Å². The summed E-state index contributed by atoms with van der Waals surface area (Å²) < 4.78 is 13.1. The largest absolute Gasteiger partial charge is 0.324 e. The van der Waals surface area contributed by atoms with E-state index < -0.39 is 0 Å². The summed E-state index contributed by atoms with van der Waals surface area (Å²) in [6.07, 6.45) is 4.60. The Morgan fingerprint density at radius 1 is 1.62 bits per heavy atom. The summed E-state index contributed by atoms with van der Waals surface area (Å²) in [5, 5.41) is 0. The van der Waals surface area contributed by atoms with Gasteiger partial charge in [0.1, 0.15) is 5.82 Å². The van der Waals surface area contributed by atoms with Crippen molar-refractivity contribution in [3.63, 3.8) is 0 Å². The van der Waals surface area contributed by atoms with E-state index in [0.717, 1.165) is 18.1 Å². The van der Waals surface area contributed by atoms with Crippen molar-refractivity contribution in [2.75, 3.05) is 6.16 Å². The van der Waals surface area contributed by atoms with Crippen LogP contribution in [0.3, 0.4) is 0 Å². The molecule has 0 saturated carbocycles. The van der Waals surface area contributed by atoms with Gasteiger partial charge in [0.2, 0.25) is 0 Å². The maximum atomic E-state index is 13.1. The lowest BCUT2D eigenvalue weighted by atomic mass is 10.0. The van der Waals surface area contributed by atoms with E-state index in [-0.39, 0.29) is 11.9 Å². The highest BCUT2D eigenvalue weighted by molar-refractivity contribution is 7.16. The summed E-state index contributed by atoms with van der Waals surface area (Å²) >= 11 is 0. The molecule has 2 atom stereocenters. The van der Waals surface area contributed by atoms with E-state index in [1.54, 1.807) is 13.1 Å². The van der Waals surface area contributed by atoms with Crippen LogP contribution in [0, 0.1) is 12.7 Å². The molecule has 0 saturated heterocycles. The molecule has 1 unspecified atom stereocenters. The van der Waals surface area contributed by atoms with E-state index in [1.807, 2.05) is 0 Å². The second-order valence-electron chi connectivity index (χ2n) is 3.02. The van der Waals surface area contributed by atoms with Crippen molar-refractivity contribution in [2.45, 2.75) is 19.4 Å². The van der Waals surface area contributed by atoms with Crippen molar-refractivity contribution in [3.8, 4) is 0 Å².